The van der Waals surface area contributed by atoms with Crippen molar-refractivity contribution in [3.8, 4) is 11.6 Å². The summed E-state index contributed by atoms with van der Waals surface area (Å²) in [6.07, 6.45) is 1.67. The second-order valence-electron chi connectivity index (χ2n) is 5.47. The average molecular weight is 292 g/mol. The summed E-state index contributed by atoms with van der Waals surface area (Å²) in [6.45, 7) is 8.52. The van der Waals surface area contributed by atoms with Gasteiger partial charge >= 0.3 is 0 Å². The molecule has 0 bridgehead atoms. The summed E-state index contributed by atoms with van der Waals surface area (Å²) in [5.74, 6) is 1.21. The van der Waals surface area contributed by atoms with E-state index in [0.717, 1.165) is 13.1 Å². The third kappa shape index (κ3) is 2.81. The Balaban J connectivity index is 1.78. The van der Waals surface area contributed by atoms with E-state index in [0.29, 0.717) is 30.1 Å². The van der Waals surface area contributed by atoms with Crippen LogP contribution in [0.2, 0.25) is 0 Å². The summed E-state index contributed by atoms with van der Waals surface area (Å²) in [7, 11) is 0. The topological polar surface area (TPSA) is 90.9 Å². The van der Waals surface area contributed by atoms with Crippen LogP contribution in [0.4, 0.5) is 0 Å². The van der Waals surface area contributed by atoms with Crippen molar-refractivity contribution in [3.05, 3.63) is 12.0 Å². The molecule has 1 aliphatic heterocycles. The van der Waals surface area contributed by atoms with E-state index in [4.69, 9.17) is 9.26 Å². The Hall–Kier alpha value is -1.80. The molecule has 2 aromatic heterocycles. The zero-order chi connectivity index (χ0) is 14.8. The van der Waals surface area contributed by atoms with Gasteiger partial charge in [-0.15, -0.1) is 5.10 Å². The number of ether oxygens (including phenoxy) is 1. The van der Waals surface area contributed by atoms with E-state index < -0.39 is 0 Å². The Labute approximate surface area is 122 Å². The van der Waals surface area contributed by atoms with E-state index in [2.05, 4.69) is 39.6 Å². The molecular formula is C13H20N6O2. The number of rotatable bonds is 6. The maximum atomic E-state index is 5.67. The van der Waals surface area contributed by atoms with Gasteiger partial charge in [0.2, 0.25) is 5.82 Å². The highest BCUT2D eigenvalue weighted by Gasteiger charge is 2.25. The minimum Gasteiger partial charge on any atom is -0.370 e. The Bertz CT molecular complexity index is 589. The van der Waals surface area contributed by atoms with Gasteiger partial charge in [-0.3, -0.25) is 0 Å². The Morgan fingerprint density at radius 3 is 2.90 bits per heavy atom. The van der Waals surface area contributed by atoms with Gasteiger partial charge in [0, 0.05) is 19.7 Å². The molecule has 3 heterocycles. The second kappa shape index (κ2) is 5.90. The van der Waals surface area contributed by atoms with Crippen molar-refractivity contribution in [3.63, 3.8) is 0 Å². The molecule has 0 amide bonds. The highest BCUT2D eigenvalue weighted by molar-refractivity contribution is 5.43. The molecule has 3 rings (SSSR count). The first-order valence-corrected chi connectivity index (χ1v) is 7.27. The lowest BCUT2D eigenvalue weighted by Crippen LogP contribution is -2.43. The third-order valence-electron chi connectivity index (χ3n) is 3.51. The van der Waals surface area contributed by atoms with Crippen LogP contribution in [-0.4, -0.2) is 44.8 Å². The average Bonchev–Trinajstić information content (AvgIpc) is 3.02. The molecule has 8 nitrogen and oxygen atoms in total. The third-order valence-corrected chi connectivity index (χ3v) is 3.51. The van der Waals surface area contributed by atoms with Gasteiger partial charge in [0.25, 0.3) is 5.89 Å². The fraction of sp³-hybridized carbons (Fsp3) is 0.692. The van der Waals surface area contributed by atoms with Crippen molar-refractivity contribution in [1.82, 2.24) is 30.5 Å². The van der Waals surface area contributed by atoms with Crippen LogP contribution in [0.25, 0.3) is 11.6 Å². The van der Waals surface area contributed by atoms with Crippen molar-refractivity contribution >= 4 is 0 Å². The van der Waals surface area contributed by atoms with Gasteiger partial charge in [-0.1, -0.05) is 24.2 Å². The predicted molar refractivity (Wildman–Crippen MR) is 74.4 cm³/mol. The van der Waals surface area contributed by atoms with Crippen LogP contribution in [0.15, 0.2) is 10.7 Å². The van der Waals surface area contributed by atoms with E-state index in [1.165, 1.54) is 0 Å². The van der Waals surface area contributed by atoms with Crippen LogP contribution < -0.4 is 5.32 Å². The molecule has 1 atom stereocenters. The molecule has 1 N–H and O–H groups in total. The minimum absolute atomic E-state index is 0.168. The van der Waals surface area contributed by atoms with E-state index in [1.807, 2.05) is 17.8 Å². The van der Waals surface area contributed by atoms with Crippen LogP contribution in [0.5, 0.6) is 0 Å². The van der Waals surface area contributed by atoms with Gasteiger partial charge in [0.05, 0.1) is 12.2 Å². The van der Waals surface area contributed by atoms with Gasteiger partial charge < -0.3 is 14.6 Å². The standard InChI is InChI=1S/C13H20N6O2/c1-4-20-11(8(2)3)12-15-13(21-17-12)10-7-19(18-16-10)9-5-14-6-9/h7-9,11,14H,4-6H2,1-3H3. The van der Waals surface area contributed by atoms with Crippen molar-refractivity contribution in [1.29, 1.82) is 0 Å². The van der Waals surface area contributed by atoms with Crippen LogP contribution in [0.3, 0.4) is 0 Å². The molecule has 0 spiro atoms. The number of hydrogen-bond donors (Lipinski definition) is 1. The van der Waals surface area contributed by atoms with Crippen LogP contribution in [0.1, 0.15) is 38.7 Å². The second-order valence-corrected chi connectivity index (χ2v) is 5.47. The number of nitrogens with zero attached hydrogens (tertiary/aromatic N) is 5. The van der Waals surface area contributed by atoms with Crippen LogP contribution >= 0.6 is 0 Å². The fourth-order valence-electron chi connectivity index (χ4n) is 2.21. The molecule has 21 heavy (non-hydrogen) atoms. The molecule has 1 fully saturated rings. The highest BCUT2D eigenvalue weighted by Crippen LogP contribution is 2.25. The molecule has 114 valence electrons. The van der Waals surface area contributed by atoms with Gasteiger partial charge in [0.1, 0.15) is 6.10 Å². The summed E-state index contributed by atoms with van der Waals surface area (Å²) in [5.41, 5.74) is 0.597. The van der Waals surface area contributed by atoms with Gasteiger partial charge in [-0.05, 0) is 12.8 Å². The predicted octanol–water partition coefficient (Wildman–Crippen LogP) is 1.21. The fourth-order valence-corrected chi connectivity index (χ4v) is 2.21. The van der Waals surface area contributed by atoms with Gasteiger partial charge in [0.15, 0.2) is 5.69 Å². The molecule has 0 aliphatic carbocycles. The summed E-state index contributed by atoms with van der Waals surface area (Å²) in [5, 5.41) is 15.4. The number of aromatic nitrogens is 5. The maximum Gasteiger partial charge on any atom is 0.280 e. The van der Waals surface area contributed by atoms with Crippen molar-refractivity contribution < 1.29 is 9.26 Å². The molecule has 1 unspecified atom stereocenters. The molecule has 0 saturated carbocycles. The molecular weight excluding hydrogens is 272 g/mol. The zero-order valence-electron chi connectivity index (χ0n) is 12.5. The maximum absolute atomic E-state index is 5.67. The summed E-state index contributed by atoms with van der Waals surface area (Å²) in [4.78, 5) is 4.40. The molecule has 1 aliphatic rings. The Morgan fingerprint density at radius 2 is 2.29 bits per heavy atom. The quantitative estimate of drug-likeness (QED) is 0.855. The SMILES string of the molecule is CCOC(c1noc(-c2cn(C3CNC3)nn2)n1)C(C)C. The normalized spacial score (nSPS) is 17.1. The monoisotopic (exact) mass is 292 g/mol. The van der Waals surface area contributed by atoms with Crippen LogP contribution in [0, 0.1) is 5.92 Å². The van der Waals surface area contributed by atoms with E-state index >= 15 is 0 Å². The Morgan fingerprint density at radius 1 is 1.48 bits per heavy atom. The Kier molecular flexibility index (Phi) is 3.98. The van der Waals surface area contributed by atoms with E-state index in [-0.39, 0.29) is 12.0 Å². The van der Waals surface area contributed by atoms with E-state index in [1.54, 1.807) is 0 Å². The highest BCUT2D eigenvalue weighted by atomic mass is 16.5. The molecule has 0 radical (unpaired) electrons. The number of hydrogen-bond acceptors (Lipinski definition) is 7. The molecule has 8 heteroatoms. The van der Waals surface area contributed by atoms with E-state index in [9.17, 15) is 0 Å². The van der Waals surface area contributed by atoms with Gasteiger partial charge in [-0.2, -0.15) is 4.98 Å². The minimum atomic E-state index is -0.168. The lowest BCUT2D eigenvalue weighted by molar-refractivity contribution is 0.0217. The lowest BCUT2D eigenvalue weighted by atomic mass is 10.1. The summed E-state index contributed by atoms with van der Waals surface area (Å²) < 4.78 is 12.8. The molecule has 1 saturated heterocycles. The first kappa shape index (κ1) is 14.2. The lowest BCUT2D eigenvalue weighted by Gasteiger charge is -2.26. The number of nitrogens with one attached hydrogen (secondary N) is 1. The van der Waals surface area contributed by atoms with Crippen molar-refractivity contribution in [2.75, 3.05) is 19.7 Å². The molecule has 0 aromatic carbocycles. The van der Waals surface area contributed by atoms with Crippen LogP contribution in [-0.2, 0) is 4.74 Å². The van der Waals surface area contributed by atoms with Crippen molar-refractivity contribution in [2.24, 2.45) is 5.92 Å². The summed E-state index contributed by atoms with van der Waals surface area (Å²) in [6, 6.07) is 0.362. The molecule has 2 aromatic rings. The zero-order valence-corrected chi connectivity index (χ0v) is 12.5. The van der Waals surface area contributed by atoms with Crippen molar-refractivity contribution in [2.45, 2.75) is 32.9 Å². The first-order valence-electron chi connectivity index (χ1n) is 7.27. The largest absolute Gasteiger partial charge is 0.370 e. The summed E-state index contributed by atoms with van der Waals surface area (Å²) >= 11 is 0. The first-order chi connectivity index (χ1) is 10.2. The smallest absolute Gasteiger partial charge is 0.280 e. The van der Waals surface area contributed by atoms with Gasteiger partial charge in [-0.25, -0.2) is 4.68 Å².